The molecular weight excluding hydrogens is 622 g/mol. The minimum atomic E-state index is -1.87. The van der Waals surface area contributed by atoms with Gasteiger partial charge in [-0.2, -0.15) is 13.9 Å². The summed E-state index contributed by atoms with van der Waals surface area (Å²) in [4.78, 5) is 53.0. The van der Waals surface area contributed by atoms with Crippen molar-refractivity contribution in [2.75, 3.05) is 6.61 Å². The number of carbonyl (C=O) groups excluding carboxylic acids is 3. The summed E-state index contributed by atoms with van der Waals surface area (Å²) in [6.07, 6.45) is 0.960. The van der Waals surface area contributed by atoms with E-state index in [0.29, 0.717) is 5.56 Å². The normalized spacial score (nSPS) is 13.1. The van der Waals surface area contributed by atoms with Crippen LogP contribution in [0.25, 0.3) is 0 Å². The van der Waals surface area contributed by atoms with Crippen molar-refractivity contribution in [3.8, 4) is 5.75 Å². The summed E-state index contributed by atoms with van der Waals surface area (Å²) >= 11 is 0. The molecule has 47 heavy (non-hydrogen) atoms. The quantitative estimate of drug-likeness (QED) is 0.155. The van der Waals surface area contributed by atoms with E-state index < -0.39 is 82.9 Å². The van der Waals surface area contributed by atoms with Gasteiger partial charge in [0.05, 0.1) is 6.42 Å². The third-order valence-electron chi connectivity index (χ3n) is 7.07. The molecule has 1 aromatic heterocycles. The Morgan fingerprint density at radius 3 is 2.13 bits per heavy atom. The van der Waals surface area contributed by atoms with Crippen molar-refractivity contribution in [1.82, 2.24) is 15.1 Å². The average Bonchev–Trinajstić information content (AvgIpc) is 2.96. The highest BCUT2D eigenvalue weighted by molar-refractivity contribution is 5.94. The zero-order valence-electron chi connectivity index (χ0n) is 27.4. The molecule has 0 aliphatic rings. The molecule has 0 saturated heterocycles. The third-order valence-corrected chi connectivity index (χ3v) is 7.07. The van der Waals surface area contributed by atoms with E-state index in [4.69, 9.17) is 9.47 Å². The summed E-state index contributed by atoms with van der Waals surface area (Å²) in [5.41, 5.74) is 0.611. The number of ether oxygens (including phenoxy) is 2. The lowest BCUT2D eigenvalue weighted by Gasteiger charge is -2.24. The van der Waals surface area contributed by atoms with Crippen molar-refractivity contribution in [3.05, 3.63) is 92.9 Å². The highest BCUT2D eigenvalue weighted by Gasteiger charge is 2.32. The lowest BCUT2D eigenvalue weighted by molar-refractivity contribution is -0.156. The third kappa shape index (κ3) is 9.49. The topological polar surface area (TPSA) is 117 Å². The van der Waals surface area contributed by atoms with Gasteiger partial charge in [-0.1, -0.05) is 52.0 Å². The Kier molecular flexibility index (Phi) is 11.7. The number of hydrogen-bond acceptors (Lipinski definition) is 7. The van der Waals surface area contributed by atoms with E-state index in [9.17, 15) is 36.7 Å². The van der Waals surface area contributed by atoms with Gasteiger partial charge in [-0.25, -0.2) is 13.5 Å². The molecule has 1 amide bonds. The molecule has 0 saturated carbocycles. The fourth-order valence-corrected chi connectivity index (χ4v) is 4.89. The summed E-state index contributed by atoms with van der Waals surface area (Å²) in [7, 11) is 0. The number of aromatic nitrogens is 2. The highest BCUT2D eigenvalue weighted by Crippen LogP contribution is 2.28. The number of halogens is 4. The first-order valence-corrected chi connectivity index (χ1v) is 15.0. The molecule has 1 heterocycles. The second-order valence-electron chi connectivity index (χ2n) is 13.0. The molecule has 0 aliphatic carbocycles. The minimum Gasteiger partial charge on any atom is -0.479 e. The van der Waals surface area contributed by atoms with E-state index in [1.807, 2.05) is 24.3 Å². The molecule has 0 fully saturated rings. The van der Waals surface area contributed by atoms with Crippen LogP contribution < -0.4 is 15.6 Å². The number of nitrogens with zero attached hydrogens (tertiary/aromatic N) is 2. The summed E-state index contributed by atoms with van der Waals surface area (Å²) < 4.78 is 66.6. The minimum absolute atomic E-state index is 0.0237. The van der Waals surface area contributed by atoms with Crippen molar-refractivity contribution >= 4 is 17.7 Å². The Hall–Kier alpha value is -4.55. The van der Waals surface area contributed by atoms with Gasteiger partial charge in [-0.3, -0.25) is 19.2 Å². The van der Waals surface area contributed by atoms with Gasteiger partial charge in [0.15, 0.2) is 23.2 Å². The van der Waals surface area contributed by atoms with Crippen LogP contribution in [-0.2, 0) is 31.0 Å². The van der Waals surface area contributed by atoms with Crippen molar-refractivity contribution in [2.45, 2.75) is 90.8 Å². The first-order chi connectivity index (χ1) is 21.8. The lowest BCUT2D eigenvalue weighted by Crippen LogP contribution is -2.49. The number of nitrogens with one attached hydrogen (secondary N) is 1. The number of carbonyl (C=O) groups is 3. The fraction of sp³-hybridized carbons (Fsp3) is 0.441. The number of hydrogen-bond donors (Lipinski definition) is 1. The molecule has 3 aromatic rings. The summed E-state index contributed by atoms with van der Waals surface area (Å²) in [6.45, 7) is 11.3. The van der Waals surface area contributed by atoms with E-state index in [0.717, 1.165) is 15.8 Å². The number of ketones is 1. The molecule has 1 N–H and O–H groups in total. The largest absolute Gasteiger partial charge is 0.479 e. The van der Waals surface area contributed by atoms with E-state index in [1.54, 1.807) is 33.8 Å². The molecule has 2 atom stereocenters. The molecule has 2 aromatic carbocycles. The molecule has 0 radical (unpaired) electrons. The van der Waals surface area contributed by atoms with Crippen molar-refractivity contribution in [2.24, 2.45) is 0 Å². The first-order valence-electron chi connectivity index (χ1n) is 15.0. The van der Waals surface area contributed by atoms with E-state index in [-0.39, 0.29) is 24.3 Å². The SMILES string of the molecule is CC[C@@H](C(=O)NC(CC(=O)OC(C)(C)C)C(=O)COc1c(F)c(F)cc(F)c1F)n1nccc(Cc2ccccc2C(C)(C)C)c1=O. The molecule has 0 bridgehead atoms. The molecule has 9 nitrogen and oxygen atoms in total. The maximum atomic E-state index is 14.1. The van der Waals surface area contributed by atoms with Crippen LogP contribution in [0.15, 0.2) is 47.4 Å². The summed E-state index contributed by atoms with van der Waals surface area (Å²) in [5, 5.41) is 6.50. The second kappa shape index (κ2) is 14.9. The Morgan fingerprint density at radius 2 is 1.55 bits per heavy atom. The van der Waals surface area contributed by atoms with Gasteiger partial charge < -0.3 is 14.8 Å². The van der Waals surface area contributed by atoms with Gasteiger partial charge >= 0.3 is 5.97 Å². The van der Waals surface area contributed by atoms with Crippen LogP contribution in [0.3, 0.4) is 0 Å². The van der Waals surface area contributed by atoms with Crippen LogP contribution in [0.4, 0.5) is 17.6 Å². The smallest absolute Gasteiger partial charge is 0.308 e. The molecule has 254 valence electrons. The number of Topliss-reactive ketones (excluding diaryl/α,β-unsaturated/α-hetero) is 1. The van der Waals surface area contributed by atoms with Crippen molar-refractivity contribution in [3.63, 3.8) is 0 Å². The molecule has 13 heteroatoms. The highest BCUT2D eigenvalue weighted by atomic mass is 19.2. The van der Waals surface area contributed by atoms with Gasteiger partial charge in [-0.05, 0) is 49.8 Å². The maximum Gasteiger partial charge on any atom is 0.308 e. The van der Waals surface area contributed by atoms with E-state index >= 15 is 0 Å². The standard InChI is InChI=1S/C34H39F4N3O6/c1-8-25(41-32(45)20(13-14-39-41)15-19-11-9-10-12-21(19)33(2,3)4)31(44)40-24(17-27(43)47-34(5,6)7)26(42)18-46-30-28(37)22(35)16-23(36)29(30)38/h9-14,16,24-25H,8,15,17-18H2,1-7H3,(H,40,44)/t24?,25-/m0/s1. The van der Waals surface area contributed by atoms with Crippen LogP contribution in [0.2, 0.25) is 0 Å². The molecule has 0 spiro atoms. The van der Waals surface area contributed by atoms with E-state index in [2.05, 4.69) is 31.2 Å². The van der Waals surface area contributed by atoms with Gasteiger partial charge in [0.2, 0.25) is 17.5 Å². The van der Waals surface area contributed by atoms with Gasteiger partial charge in [0.1, 0.15) is 24.3 Å². The predicted octanol–water partition coefficient (Wildman–Crippen LogP) is 5.50. The van der Waals surface area contributed by atoms with Crippen molar-refractivity contribution in [1.29, 1.82) is 0 Å². The Bertz CT molecular complexity index is 1670. The predicted molar refractivity (Wildman–Crippen MR) is 165 cm³/mol. The lowest BCUT2D eigenvalue weighted by atomic mass is 9.82. The monoisotopic (exact) mass is 661 g/mol. The number of esters is 1. The number of rotatable bonds is 12. The Balaban J connectivity index is 1.90. The first kappa shape index (κ1) is 36.9. The van der Waals surface area contributed by atoms with Crippen LogP contribution in [0.1, 0.15) is 84.0 Å². The average molecular weight is 662 g/mol. The van der Waals surface area contributed by atoms with Gasteiger partial charge in [-0.15, -0.1) is 0 Å². The number of amides is 1. The van der Waals surface area contributed by atoms with E-state index in [1.165, 1.54) is 6.20 Å². The second-order valence-corrected chi connectivity index (χ2v) is 13.0. The number of benzene rings is 2. The Labute approximate surface area is 270 Å². The fourth-order valence-electron chi connectivity index (χ4n) is 4.89. The zero-order valence-corrected chi connectivity index (χ0v) is 27.4. The molecule has 1 unspecified atom stereocenters. The van der Waals surface area contributed by atoms with Crippen LogP contribution >= 0.6 is 0 Å². The van der Waals surface area contributed by atoms with Gasteiger partial charge in [0, 0.05) is 24.2 Å². The molecular formula is C34H39F4N3O6. The van der Waals surface area contributed by atoms with Crippen LogP contribution in [-0.4, -0.2) is 45.7 Å². The molecule has 0 aliphatic heterocycles. The summed E-state index contributed by atoms with van der Waals surface area (Å²) in [6, 6.07) is 6.31. The maximum absolute atomic E-state index is 14.1. The van der Waals surface area contributed by atoms with Crippen molar-refractivity contribution < 1.29 is 41.4 Å². The van der Waals surface area contributed by atoms with Crippen LogP contribution in [0.5, 0.6) is 5.75 Å². The van der Waals surface area contributed by atoms with Crippen LogP contribution in [0, 0.1) is 23.3 Å². The molecule has 3 rings (SSSR count). The summed E-state index contributed by atoms with van der Waals surface area (Å²) in [5.74, 6) is -11.6. The van der Waals surface area contributed by atoms with Gasteiger partial charge in [0.25, 0.3) is 5.56 Å². The Morgan fingerprint density at radius 1 is 0.936 bits per heavy atom. The zero-order chi connectivity index (χ0) is 35.3.